The number of aliphatic imine (C=N–C) groups is 1. The number of nitrogens with one attached hydrogen (secondary N) is 3. The van der Waals surface area contributed by atoms with Crippen molar-refractivity contribution in [1.29, 1.82) is 5.41 Å². The molecule has 0 aliphatic heterocycles. The van der Waals surface area contributed by atoms with Gasteiger partial charge in [0.2, 0.25) is 0 Å². The van der Waals surface area contributed by atoms with E-state index in [2.05, 4.69) is 38.7 Å². The average molecular weight is 305 g/mol. The van der Waals surface area contributed by atoms with Crippen molar-refractivity contribution in [3.8, 4) is 0 Å². The maximum atomic E-state index is 6.98. The van der Waals surface area contributed by atoms with E-state index in [1.807, 2.05) is 31.2 Å². The van der Waals surface area contributed by atoms with E-state index in [0.717, 1.165) is 33.5 Å². The number of rotatable bonds is 6. The average Bonchev–Trinajstić information content (AvgIpc) is 2.95. The van der Waals surface area contributed by atoms with Crippen LogP contribution in [0.3, 0.4) is 0 Å². The first-order chi connectivity index (χ1) is 11.3. The second-order valence-electron chi connectivity index (χ2n) is 5.34. The third kappa shape index (κ3) is 3.45. The van der Waals surface area contributed by atoms with Gasteiger partial charge in [-0.3, -0.25) is 10.1 Å². The van der Waals surface area contributed by atoms with E-state index in [9.17, 15) is 0 Å². The van der Waals surface area contributed by atoms with Crippen molar-refractivity contribution in [3.63, 3.8) is 0 Å². The van der Waals surface area contributed by atoms with Gasteiger partial charge in [0.1, 0.15) is 0 Å². The monoisotopic (exact) mass is 305 g/mol. The van der Waals surface area contributed by atoms with Gasteiger partial charge in [0.25, 0.3) is 0 Å². The molecule has 1 aromatic heterocycles. The van der Waals surface area contributed by atoms with E-state index in [4.69, 9.17) is 5.41 Å². The van der Waals surface area contributed by atoms with Crippen LogP contribution < -0.4 is 5.32 Å². The van der Waals surface area contributed by atoms with Crippen molar-refractivity contribution >= 4 is 34.7 Å². The highest BCUT2D eigenvalue weighted by atomic mass is 15.1. The Labute approximate surface area is 135 Å². The Morgan fingerprint density at radius 2 is 2.13 bits per heavy atom. The van der Waals surface area contributed by atoms with Crippen LogP contribution >= 0.6 is 0 Å². The van der Waals surface area contributed by atoms with Gasteiger partial charge in [0.15, 0.2) is 0 Å². The molecule has 2 aromatic carbocycles. The molecule has 0 saturated heterocycles. The van der Waals surface area contributed by atoms with Gasteiger partial charge < -0.3 is 10.7 Å². The maximum Gasteiger partial charge on any atom is 0.0944 e. The summed E-state index contributed by atoms with van der Waals surface area (Å²) in [5.74, 6) is 0. The molecule has 116 valence electrons. The van der Waals surface area contributed by atoms with Crippen LogP contribution in [-0.2, 0) is 6.54 Å². The summed E-state index contributed by atoms with van der Waals surface area (Å²) in [7, 11) is 0. The van der Waals surface area contributed by atoms with Crippen molar-refractivity contribution in [2.75, 3.05) is 5.32 Å². The minimum absolute atomic E-state index is 0.583. The summed E-state index contributed by atoms with van der Waals surface area (Å²) in [5, 5.41) is 18.9. The molecule has 5 heteroatoms. The third-order valence-electron chi connectivity index (χ3n) is 3.59. The lowest BCUT2D eigenvalue weighted by atomic mass is 10.1. The van der Waals surface area contributed by atoms with Crippen LogP contribution in [0.25, 0.3) is 10.9 Å². The number of H-pyrrole nitrogens is 1. The number of nitrogens with zero attached hydrogens (tertiary/aromatic N) is 2. The molecule has 23 heavy (non-hydrogen) atoms. The first-order valence-electron chi connectivity index (χ1n) is 7.55. The minimum Gasteiger partial charge on any atom is -0.355 e. The summed E-state index contributed by atoms with van der Waals surface area (Å²) in [6.45, 7) is 2.65. The van der Waals surface area contributed by atoms with Crippen LogP contribution in [0.15, 0.2) is 47.5 Å². The largest absolute Gasteiger partial charge is 0.355 e. The molecule has 0 unspecified atom stereocenters. The summed E-state index contributed by atoms with van der Waals surface area (Å²) in [6, 6.07) is 14.3. The Hall–Kier alpha value is -2.95. The summed E-state index contributed by atoms with van der Waals surface area (Å²) in [4.78, 5) is 4.32. The molecular formula is C18H19N5. The van der Waals surface area contributed by atoms with Gasteiger partial charge in [-0.2, -0.15) is 5.10 Å². The van der Waals surface area contributed by atoms with Crippen molar-refractivity contribution in [2.24, 2.45) is 4.99 Å². The van der Waals surface area contributed by atoms with Gasteiger partial charge in [0, 0.05) is 41.3 Å². The smallest absolute Gasteiger partial charge is 0.0944 e. The molecule has 0 atom stereocenters. The van der Waals surface area contributed by atoms with Crippen LogP contribution in [0.2, 0.25) is 0 Å². The van der Waals surface area contributed by atoms with Gasteiger partial charge in [0.05, 0.1) is 12.1 Å². The quantitative estimate of drug-likeness (QED) is 0.596. The van der Waals surface area contributed by atoms with Crippen LogP contribution in [-0.4, -0.2) is 22.6 Å². The predicted molar refractivity (Wildman–Crippen MR) is 96.2 cm³/mol. The Balaban J connectivity index is 1.82. The second kappa shape index (κ2) is 6.87. The zero-order chi connectivity index (χ0) is 16.1. The molecule has 0 aliphatic rings. The molecule has 1 heterocycles. The second-order valence-corrected chi connectivity index (χ2v) is 5.34. The first kappa shape index (κ1) is 15.0. The maximum absolute atomic E-state index is 6.98. The lowest BCUT2D eigenvalue weighted by Crippen LogP contribution is -1.93. The molecule has 0 bridgehead atoms. The van der Waals surface area contributed by atoms with Crippen LogP contribution in [0.1, 0.15) is 17.7 Å². The third-order valence-corrected chi connectivity index (χ3v) is 3.59. The van der Waals surface area contributed by atoms with E-state index >= 15 is 0 Å². The highest BCUT2D eigenvalue weighted by Crippen LogP contribution is 2.27. The molecule has 3 aromatic rings. The number of aryl methyl sites for hydroxylation is 1. The SMILES string of the molecule is Cc1[nH]nc2cccc(Nc3cccc(CN=CCC=N)c3)c12. The number of anilines is 2. The van der Waals surface area contributed by atoms with Crippen molar-refractivity contribution in [3.05, 3.63) is 53.7 Å². The van der Waals surface area contributed by atoms with Gasteiger partial charge >= 0.3 is 0 Å². The van der Waals surface area contributed by atoms with Crippen LogP contribution in [0.4, 0.5) is 11.4 Å². The molecule has 3 rings (SSSR count). The molecule has 3 N–H and O–H groups in total. The standard InChI is InChI=1S/C18H19N5/c1-13-18-16(7-3-8-17(18)23-22-13)21-15-6-2-5-14(11-15)12-20-10-4-9-19/h2-3,5-11,19,21H,4,12H2,1H3,(H,22,23). The summed E-state index contributed by atoms with van der Waals surface area (Å²) in [6.07, 6.45) is 3.69. The fourth-order valence-electron chi connectivity index (χ4n) is 2.53. The van der Waals surface area contributed by atoms with Gasteiger partial charge in [-0.15, -0.1) is 0 Å². The van der Waals surface area contributed by atoms with Gasteiger partial charge in [-0.05, 0) is 36.8 Å². The fraction of sp³-hybridized carbons (Fsp3) is 0.167. The minimum atomic E-state index is 0.583. The van der Waals surface area contributed by atoms with E-state index in [0.29, 0.717) is 13.0 Å². The van der Waals surface area contributed by atoms with Gasteiger partial charge in [-0.25, -0.2) is 0 Å². The van der Waals surface area contributed by atoms with Crippen molar-refractivity contribution in [2.45, 2.75) is 19.9 Å². The summed E-state index contributed by atoms with van der Waals surface area (Å²) in [5.41, 5.74) is 5.21. The Bertz CT molecular complexity index is 847. The molecule has 0 amide bonds. The van der Waals surface area contributed by atoms with Gasteiger partial charge in [-0.1, -0.05) is 18.2 Å². The Kier molecular flexibility index (Phi) is 4.47. The normalized spacial score (nSPS) is 11.2. The van der Waals surface area contributed by atoms with E-state index in [-0.39, 0.29) is 0 Å². The highest BCUT2D eigenvalue weighted by Gasteiger charge is 2.07. The Morgan fingerprint density at radius 1 is 1.26 bits per heavy atom. The van der Waals surface area contributed by atoms with Crippen LogP contribution in [0, 0.1) is 12.3 Å². The zero-order valence-corrected chi connectivity index (χ0v) is 13.0. The molecule has 0 aliphatic carbocycles. The summed E-state index contributed by atoms with van der Waals surface area (Å²) >= 11 is 0. The zero-order valence-electron chi connectivity index (χ0n) is 13.0. The lowest BCUT2D eigenvalue weighted by Gasteiger charge is -2.09. The number of benzene rings is 2. The van der Waals surface area contributed by atoms with E-state index in [1.54, 1.807) is 6.21 Å². The molecule has 0 saturated carbocycles. The summed E-state index contributed by atoms with van der Waals surface area (Å²) < 4.78 is 0. The number of hydrogen-bond acceptors (Lipinski definition) is 4. The Morgan fingerprint density at radius 3 is 3.00 bits per heavy atom. The van der Waals surface area contributed by atoms with Crippen LogP contribution in [0.5, 0.6) is 0 Å². The van der Waals surface area contributed by atoms with Crippen molar-refractivity contribution < 1.29 is 0 Å². The highest BCUT2D eigenvalue weighted by molar-refractivity contribution is 5.95. The number of fused-ring (bicyclic) bond motifs is 1. The lowest BCUT2D eigenvalue weighted by molar-refractivity contribution is 1.07. The topological polar surface area (TPSA) is 76.9 Å². The first-order valence-corrected chi connectivity index (χ1v) is 7.55. The number of aromatic nitrogens is 2. The molecule has 0 radical (unpaired) electrons. The predicted octanol–water partition coefficient (Wildman–Crippen LogP) is 4.23. The van der Waals surface area contributed by atoms with Crippen molar-refractivity contribution in [1.82, 2.24) is 10.2 Å². The van der Waals surface area contributed by atoms with E-state index in [1.165, 1.54) is 6.21 Å². The molecule has 5 nitrogen and oxygen atoms in total. The van der Waals surface area contributed by atoms with E-state index < -0.39 is 0 Å². The molecule has 0 spiro atoms. The molecular weight excluding hydrogens is 286 g/mol. The number of aromatic amines is 1. The fourth-order valence-corrected chi connectivity index (χ4v) is 2.53. The number of hydrogen-bond donors (Lipinski definition) is 3. The molecule has 0 fully saturated rings.